The van der Waals surface area contributed by atoms with Crippen molar-refractivity contribution >= 4 is 17.8 Å². The summed E-state index contributed by atoms with van der Waals surface area (Å²) in [5, 5.41) is 3.28. The first kappa shape index (κ1) is 18.6. The van der Waals surface area contributed by atoms with E-state index in [1.165, 1.54) is 16.7 Å². The standard InChI is InChI=1S/C24H26N2O2/c1-26-14-13-21-20(18-5-3-2-4-6-18)11-12-23(22(21)15-26)25-24(28)19-9-7-17(16-27)8-10-19/h2-10,16,22-23H,11-15H2,1H3,(H,25,28). The fourth-order valence-electron chi connectivity index (χ4n) is 4.55. The van der Waals surface area contributed by atoms with Crippen molar-refractivity contribution in [1.29, 1.82) is 0 Å². The summed E-state index contributed by atoms with van der Waals surface area (Å²) in [4.78, 5) is 26.0. The van der Waals surface area contributed by atoms with Gasteiger partial charge in [0.25, 0.3) is 5.91 Å². The minimum absolute atomic E-state index is 0.0572. The smallest absolute Gasteiger partial charge is 0.251 e. The first-order valence-electron chi connectivity index (χ1n) is 9.97. The quantitative estimate of drug-likeness (QED) is 0.828. The van der Waals surface area contributed by atoms with Crippen LogP contribution in [0, 0.1) is 5.92 Å². The van der Waals surface area contributed by atoms with Crippen molar-refractivity contribution in [2.24, 2.45) is 5.92 Å². The topological polar surface area (TPSA) is 49.4 Å². The summed E-state index contributed by atoms with van der Waals surface area (Å²) in [6.07, 6.45) is 3.80. The summed E-state index contributed by atoms with van der Waals surface area (Å²) in [5.74, 6) is 0.291. The molecule has 1 heterocycles. The number of nitrogens with one attached hydrogen (secondary N) is 1. The van der Waals surface area contributed by atoms with Gasteiger partial charge in [-0.25, -0.2) is 0 Å². The molecular weight excluding hydrogens is 348 g/mol. The number of allylic oxidation sites excluding steroid dienone is 1. The van der Waals surface area contributed by atoms with Crippen molar-refractivity contribution in [3.8, 4) is 0 Å². The largest absolute Gasteiger partial charge is 0.349 e. The molecule has 1 aliphatic carbocycles. The molecule has 4 heteroatoms. The van der Waals surface area contributed by atoms with Gasteiger partial charge in [0.05, 0.1) is 0 Å². The van der Waals surface area contributed by atoms with E-state index in [9.17, 15) is 9.59 Å². The zero-order valence-corrected chi connectivity index (χ0v) is 16.2. The van der Waals surface area contributed by atoms with Crippen LogP contribution in [0.5, 0.6) is 0 Å². The van der Waals surface area contributed by atoms with Gasteiger partial charge in [0.1, 0.15) is 6.29 Å². The molecule has 1 N–H and O–H groups in total. The second kappa shape index (κ2) is 8.11. The zero-order valence-electron chi connectivity index (χ0n) is 16.2. The van der Waals surface area contributed by atoms with Crippen molar-refractivity contribution in [3.05, 3.63) is 76.9 Å². The lowest BCUT2D eigenvalue weighted by atomic mass is 9.74. The Morgan fingerprint density at radius 3 is 2.54 bits per heavy atom. The van der Waals surface area contributed by atoms with E-state index in [1.54, 1.807) is 24.3 Å². The summed E-state index contributed by atoms with van der Waals surface area (Å²) < 4.78 is 0. The van der Waals surface area contributed by atoms with Gasteiger partial charge in [-0.1, -0.05) is 48.0 Å². The predicted octanol–water partition coefficient (Wildman–Crippen LogP) is 3.80. The van der Waals surface area contributed by atoms with Crippen LogP contribution in [0.1, 0.15) is 45.5 Å². The van der Waals surface area contributed by atoms with Crippen molar-refractivity contribution in [3.63, 3.8) is 0 Å². The lowest BCUT2D eigenvalue weighted by Crippen LogP contribution is -2.49. The predicted molar refractivity (Wildman–Crippen MR) is 111 cm³/mol. The number of benzene rings is 2. The number of rotatable bonds is 4. The summed E-state index contributed by atoms with van der Waals surface area (Å²) in [7, 11) is 2.16. The molecule has 4 nitrogen and oxygen atoms in total. The highest BCUT2D eigenvalue weighted by atomic mass is 16.1. The Bertz CT molecular complexity index is 887. The van der Waals surface area contributed by atoms with Gasteiger partial charge in [-0.05, 0) is 49.6 Å². The van der Waals surface area contributed by atoms with Gasteiger partial charge < -0.3 is 10.2 Å². The summed E-state index contributed by atoms with van der Waals surface area (Å²) in [6.45, 7) is 2.04. The van der Waals surface area contributed by atoms with Crippen LogP contribution >= 0.6 is 0 Å². The molecule has 1 fully saturated rings. The number of aldehydes is 1. The minimum Gasteiger partial charge on any atom is -0.349 e. The minimum atomic E-state index is -0.0572. The molecule has 1 saturated heterocycles. The number of likely N-dealkylation sites (tertiary alicyclic amines) is 1. The average Bonchev–Trinajstić information content (AvgIpc) is 2.74. The molecule has 1 aliphatic heterocycles. The maximum atomic E-state index is 12.8. The maximum absolute atomic E-state index is 12.8. The van der Waals surface area contributed by atoms with Crippen LogP contribution in [-0.2, 0) is 0 Å². The number of carbonyl (C=O) groups is 2. The molecule has 2 unspecified atom stereocenters. The van der Waals surface area contributed by atoms with E-state index in [1.807, 2.05) is 0 Å². The molecule has 2 aliphatic rings. The Morgan fingerprint density at radius 2 is 1.82 bits per heavy atom. The van der Waals surface area contributed by atoms with E-state index >= 15 is 0 Å². The number of fused-ring (bicyclic) bond motifs is 1. The Kier molecular flexibility index (Phi) is 5.40. The third-order valence-corrected chi connectivity index (χ3v) is 6.05. The van der Waals surface area contributed by atoms with Gasteiger partial charge >= 0.3 is 0 Å². The SMILES string of the molecule is CN1CCC2=C(c3ccccc3)CCC(NC(=O)c3ccc(C=O)cc3)C2C1. The Hall–Kier alpha value is -2.72. The molecule has 0 radical (unpaired) electrons. The number of amides is 1. The molecule has 0 aromatic heterocycles. The van der Waals surface area contributed by atoms with Crippen LogP contribution in [0.3, 0.4) is 0 Å². The van der Waals surface area contributed by atoms with Crippen LogP contribution in [-0.4, -0.2) is 43.3 Å². The number of hydrogen-bond acceptors (Lipinski definition) is 3. The van der Waals surface area contributed by atoms with Crippen molar-refractivity contribution < 1.29 is 9.59 Å². The molecule has 0 saturated carbocycles. The van der Waals surface area contributed by atoms with Gasteiger partial charge in [-0.2, -0.15) is 0 Å². The van der Waals surface area contributed by atoms with Crippen LogP contribution in [0.2, 0.25) is 0 Å². The van der Waals surface area contributed by atoms with E-state index in [0.717, 1.165) is 38.6 Å². The molecule has 0 bridgehead atoms. The van der Waals surface area contributed by atoms with Crippen molar-refractivity contribution in [1.82, 2.24) is 10.2 Å². The fraction of sp³-hybridized carbons (Fsp3) is 0.333. The monoisotopic (exact) mass is 374 g/mol. The van der Waals surface area contributed by atoms with Crippen molar-refractivity contribution in [2.75, 3.05) is 20.1 Å². The lowest BCUT2D eigenvalue weighted by Gasteiger charge is -2.42. The Labute approximate surface area is 166 Å². The van der Waals surface area contributed by atoms with Crippen LogP contribution < -0.4 is 5.32 Å². The summed E-state index contributed by atoms with van der Waals surface area (Å²) >= 11 is 0. The van der Waals surface area contributed by atoms with E-state index in [-0.39, 0.29) is 11.9 Å². The van der Waals surface area contributed by atoms with Crippen LogP contribution in [0.25, 0.3) is 5.57 Å². The van der Waals surface area contributed by atoms with Crippen LogP contribution in [0.15, 0.2) is 60.2 Å². The van der Waals surface area contributed by atoms with Gasteiger partial charge in [0.15, 0.2) is 0 Å². The van der Waals surface area contributed by atoms with Gasteiger partial charge in [-0.15, -0.1) is 0 Å². The first-order valence-corrected chi connectivity index (χ1v) is 9.97. The van der Waals surface area contributed by atoms with E-state index in [4.69, 9.17) is 0 Å². The highest BCUT2D eigenvalue weighted by Gasteiger charge is 2.36. The van der Waals surface area contributed by atoms with Gasteiger partial charge in [-0.3, -0.25) is 9.59 Å². The van der Waals surface area contributed by atoms with E-state index in [0.29, 0.717) is 17.0 Å². The highest BCUT2D eigenvalue weighted by Crippen LogP contribution is 2.40. The normalized spacial score (nSPS) is 22.5. The molecule has 0 spiro atoms. The second-order valence-corrected chi connectivity index (χ2v) is 7.85. The molecule has 2 atom stereocenters. The lowest BCUT2D eigenvalue weighted by molar-refractivity contribution is 0.0908. The number of nitrogens with zero attached hydrogens (tertiary/aromatic N) is 1. The second-order valence-electron chi connectivity index (χ2n) is 7.85. The average molecular weight is 374 g/mol. The maximum Gasteiger partial charge on any atom is 0.251 e. The van der Waals surface area contributed by atoms with Gasteiger partial charge in [0.2, 0.25) is 0 Å². The third-order valence-electron chi connectivity index (χ3n) is 6.05. The van der Waals surface area contributed by atoms with E-state index in [2.05, 4.69) is 47.6 Å². The molecule has 2 aromatic rings. The van der Waals surface area contributed by atoms with E-state index < -0.39 is 0 Å². The Balaban J connectivity index is 1.57. The van der Waals surface area contributed by atoms with Crippen molar-refractivity contribution in [2.45, 2.75) is 25.3 Å². The van der Waals surface area contributed by atoms with Gasteiger partial charge in [0, 0.05) is 36.2 Å². The molecular formula is C24H26N2O2. The molecule has 4 rings (SSSR count). The first-order chi connectivity index (χ1) is 13.7. The Morgan fingerprint density at radius 1 is 1.07 bits per heavy atom. The number of carbonyl (C=O) groups excluding carboxylic acids is 2. The zero-order chi connectivity index (χ0) is 19.5. The summed E-state index contributed by atoms with van der Waals surface area (Å²) in [6, 6.07) is 17.6. The molecule has 1 amide bonds. The molecule has 2 aromatic carbocycles. The molecule has 144 valence electrons. The number of hydrogen-bond donors (Lipinski definition) is 1. The summed E-state index contributed by atoms with van der Waals surface area (Å²) in [5.41, 5.74) is 5.49. The third kappa shape index (κ3) is 3.78. The van der Waals surface area contributed by atoms with Crippen LogP contribution in [0.4, 0.5) is 0 Å². The molecule has 28 heavy (non-hydrogen) atoms. The number of piperidine rings is 1. The highest BCUT2D eigenvalue weighted by molar-refractivity contribution is 5.95. The fourth-order valence-corrected chi connectivity index (χ4v) is 4.55.